The summed E-state index contributed by atoms with van der Waals surface area (Å²) >= 11 is 0. The van der Waals surface area contributed by atoms with Crippen LogP contribution >= 0.6 is 0 Å². The second-order valence-corrected chi connectivity index (χ2v) is 11.7. The molecule has 0 aromatic carbocycles. The minimum Gasteiger partial charge on any atom is -0.393 e. The van der Waals surface area contributed by atoms with Crippen LogP contribution in [0.2, 0.25) is 0 Å². The van der Waals surface area contributed by atoms with Crippen molar-refractivity contribution in [2.75, 3.05) is 0 Å². The van der Waals surface area contributed by atoms with Gasteiger partial charge in [0.2, 0.25) is 0 Å². The number of nitrogens with zero attached hydrogens (tertiary/aromatic N) is 1. The second kappa shape index (κ2) is 6.69. The van der Waals surface area contributed by atoms with Crippen LogP contribution in [0, 0.1) is 40.4 Å². The van der Waals surface area contributed by atoms with Crippen LogP contribution in [0.1, 0.15) is 91.9 Å². The SMILES string of the molecule is CC1=N[C@@H]([C@H](C)[C@H]2CC[C@H]3[C@@H]4CC=C5C[C@@H](O)CC[C@]5(C)[C@H]4CC[C@@]23C)CC1. The van der Waals surface area contributed by atoms with Gasteiger partial charge in [-0.25, -0.2) is 0 Å². The smallest absolute Gasteiger partial charge is 0.0577 e. The summed E-state index contributed by atoms with van der Waals surface area (Å²) in [5.41, 5.74) is 3.90. The van der Waals surface area contributed by atoms with Gasteiger partial charge < -0.3 is 5.11 Å². The van der Waals surface area contributed by atoms with Crippen LogP contribution in [-0.2, 0) is 0 Å². The summed E-state index contributed by atoms with van der Waals surface area (Å²) in [4.78, 5) is 5.04. The number of rotatable bonds is 2. The van der Waals surface area contributed by atoms with Gasteiger partial charge in [0.15, 0.2) is 0 Å². The normalized spacial score (nSPS) is 51.6. The molecule has 3 saturated carbocycles. The van der Waals surface area contributed by atoms with E-state index in [1.807, 2.05) is 0 Å². The highest BCUT2D eigenvalue weighted by molar-refractivity contribution is 5.83. The summed E-state index contributed by atoms with van der Waals surface area (Å²) in [7, 11) is 0. The Morgan fingerprint density at radius 2 is 1.89 bits per heavy atom. The Morgan fingerprint density at radius 3 is 2.64 bits per heavy atom. The Labute approximate surface area is 172 Å². The van der Waals surface area contributed by atoms with Gasteiger partial charge in [-0.15, -0.1) is 0 Å². The number of aliphatic imine (C=N–C) groups is 1. The van der Waals surface area contributed by atoms with Gasteiger partial charge in [0, 0.05) is 5.71 Å². The molecule has 2 nitrogen and oxygen atoms in total. The molecule has 5 aliphatic rings. The van der Waals surface area contributed by atoms with Gasteiger partial charge in [-0.2, -0.15) is 0 Å². The van der Waals surface area contributed by atoms with Crippen LogP contribution in [0.25, 0.3) is 0 Å². The van der Waals surface area contributed by atoms with Crippen molar-refractivity contribution in [1.29, 1.82) is 0 Å². The van der Waals surface area contributed by atoms with E-state index in [0.29, 0.717) is 16.9 Å². The quantitative estimate of drug-likeness (QED) is 0.567. The molecule has 3 fully saturated rings. The average Bonchev–Trinajstić information content (AvgIpc) is 3.25. The summed E-state index contributed by atoms with van der Waals surface area (Å²) in [6.07, 6.45) is 15.2. The van der Waals surface area contributed by atoms with E-state index in [0.717, 1.165) is 42.4 Å². The van der Waals surface area contributed by atoms with Crippen molar-refractivity contribution in [3.05, 3.63) is 11.6 Å². The maximum absolute atomic E-state index is 10.2. The zero-order valence-corrected chi connectivity index (χ0v) is 18.6. The lowest BCUT2D eigenvalue weighted by molar-refractivity contribution is -0.0581. The van der Waals surface area contributed by atoms with E-state index in [1.165, 1.54) is 57.1 Å². The van der Waals surface area contributed by atoms with Crippen molar-refractivity contribution in [3.8, 4) is 0 Å². The van der Waals surface area contributed by atoms with E-state index >= 15 is 0 Å². The molecule has 9 atom stereocenters. The lowest BCUT2D eigenvalue weighted by Gasteiger charge is -2.58. The Balaban J connectivity index is 1.40. The molecule has 0 aromatic rings. The largest absolute Gasteiger partial charge is 0.393 e. The minimum absolute atomic E-state index is 0.0862. The van der Waals surface area contributed by atoms with Crippen LogP contribution in [0.5, 0.6) is 0 Å². The first-order chi connectivity index (χ1) is 13.3. The van der Waals surface area contributed by atoms with Gasteiger partial charge in [-0.1, -0.05) is 32.4 Å². The van der Waals surface area contributed by atoms with Gasteiger partial charge >= 0.3 is 0 Å². The second-order valence-electron chi connectivity index (χ2n) is 11.7. The van der Waals surface area contributed by atoms with Gasteiger partial charge in [0.05, 0.1) is 12.1 Å². The van der Waals surface area contributed by atoms with Gasteiger partial charge in [0.25, 0.3) is 0 Å². The molecule has 2 heteroatoms. The van der Waals surface area contributed by atoms with Crippen molar-refractivity contribution < 1.29 is 5.11 Å². The molecule has 0 radical (unpaired) electrons. The predicted octanol–water partition coefficient (Wildman–Crippen LogP) is 6.19. The van der Waals surface area contributed by atoms with Crippen molar-refractivity contribution >= 4 is 5.71 Å². The van der Waals surface area contributed by atoms with E-state index in [4.69, 9.17) is 4.99 Å². The van der Waals surface area contributed by atoms with E-state index in [-0.39, 0.29) is 6.10 Å². The van der Waals surface area contributed by atoms with Crippen molar-refractivity contribution in [2.45, 2.75) is 104 Å². The van der Waals surface area contributed by atoms with E-state index in [2.05, 4.69) is 33.8 Å². The lowest BCUT2D eigenvalue weighted by atomic mass is 9.47. The molecule has 0 saturated heterocycles. The lowest BCUT2D eigenvalue weighted by Crippen LogP contribution is -2.51. The summed E-state index contributed by atoms with van der Waals surface area (Å²) < 4.78 is 0. The molecule has 0 amide bonds. The van der Waals surface area contributed by atoms with Gasteiger partial charge in [0.1, 0.15) is 0 Å². The van der Waals surface area contributed by atoms with Crippen molar-refractivity contribution in [1.82, 2.24) is 0 Å². The number of aliphatic hydroxyl groups excluding tert-OH is 1. The summed E-state index contributed by atoms with van der Waals surface area (Å²) in [5.74, 6) is 4.27. The molecular weight excluding hydrogens is 342 g/mol. The molecular formula is C26H41NO. The Bertz CT molecular complexity index is 695. The fraction of sp³-hybridized carbons (Fsp3) is 0.885. The first-order valence-electron chi connectivity index (χ1n) is 12.2. The Hall–Kier alpha value is -0.630. The zero-order valence-electron chi connectivity index (χ0n) is 18.6. The van der Waals surface area contributed by atoms with Crippen LogP contribution in [0.3, 0.4) is 0 Å². The van der Waals surface area contributed by atoms with Crippen LogP contribution in [-0.4, -0.2) is 23.0 Å². The third-order valence-corrected chi connectivity index (χ3v) is 10.6. The third-order valence-electron chi connectivity index (χ3n) is 10.6. The summed E-state index contributed by atoms with van der Waals surface area (Å²) in [6, 6.07) is 0.591. The first kappa shape index (κ1) is 19.3. The minimum atomic E-state index is -0.0862. The van der Waals surface area contributed by atoms with Crippen LogP contribution in [0.4, 0.5) is 0 Å². The van der Waals surface area contributed by atoms with Crippen LogP contribution < -0.4 is 0 Å². The number of fused-ring (bicyclic) bond motifs is 5. The molecule has 5 rings (SSSR count). The highest BCUT2D eigenvalue weighted by atomic mass is 16.3. The molecule has 0 aromatic heterocycles. The van der Waals surface area contributed by atoms with E-state index < -0.39 is 0 Å². The predicted molar refractivity (Wildman–Crippen MR) is 116 cm³/mol. The molecule has 0 bridgehead atoms. The zero-order chi connectivity index (χ0) is 19.7. The van der Waals surface area contributed by atoms with Crippen molar-refractivity contribution in [2.24, 2.45) is 45.4 Å². The molecule has 4 aliphatic carbocycles. The van der Waals surface area contributed by atoms with E-state index in [9.17, 15) is 5.11 Å². The highest BCUT2D eigenvalue weighted by Crippen LogP contribution is 2.67. The molecule has 0 spiro atoms. The van der Waals surface area contributed by atoms with Gasteiger partial charge in [-0.05, 0) is 112 Å². The maximum atomic E-state index is 10.2. The van der Waals surface area contributed by atoms with Crippen molar-refractivity contribution in [3.63, 3.8) is 0 Å². The third kappa shape index (κ3) is 2.72. The fourth-order valence-corrected chi connectivity index (χ4v) is 8.96. The number of allylic oxidation sites excluding steroid dienone is 1. The monoisotopic (exact) mass is 383 g/mol. The van der Waals surface area contributed by atoms with Gasteiger partial charge in [-0.3, -0.25) is 4.99 Å². The molecule has 1 N–H and O–H groups in total. The molecule has 1 aliphatic heterocycles. The fourth-order valence-electron chi connectivity index (χ4n) is 8.96. The Kier molecular flexibility index (Phi) is 4.62. The topological polar surface area (TPSA) is 32.6 Å². The first-order valence-corrected chi connectivity index (χ1v) is 12.2. The van der Waals surface area contributed by atoms with Crippen LogP contribution in [0.15, 0.2) is 16.6 Å². The molecule has 0 unspecified atom stereocenters. The molecule has 28 heavy (non-hydrogen) atoms. The molecule has 156 valence electrons. The highest BCUT2D eigenvalue weighted by Gasteiger charge is 2.59. The summed E-state index contributed by atoms with van der Waals surface area (Å²) in [5, 5.41) is 10.2. The Morgan fingerprint density at radius 1 is 1.07 bits per heavy atom. The summed E-state index contributed by atoms with van der Waals surface area (Å²) in [6.45, 7) is 9.97. The standard InChI is InChI=1S/C26H41NO/c1-16-5-10-24(27-16)17(2)21-8-9-22-20-7-6-18-15-19(28)11-13-25(18,3)23(20)12-14-26(21,22)4/h6,17,19-24,28H,5,7-15H2,1-4H3/t17-,19+,20+,21-,22+,23+,24-,25+,26+/m1/s1. The molecule has 1 heterocycles. The van der Waals surface area contributed by atoms with E-state index in [1.54, 1.807) is 5.57 Å². The number of hydrogen-bond acceptors (Lipinski definition) is 2. The average molecular weight is 384 g/mol. The number of hydrogen-bond donors (Lipinski definition) is 1. The number of aliphatic hydroxyl groups is 1. The maximum Gasteiger partial charge on any atom is 0.0577 e.